The first kappa shape index (κ1) is 29.6. The van der Waals surface area contributed by atoms with E-state index in [4.69, 9.17) is 16.6 Å². The van der Waals surface area contributed by atoms with Crippen molar-refractivity contribution in [1.82, 2.24) is 20.9 Å². The number of H-pyrrole nitrogens is 1. The Kier molecular flexibility index (Phi) is 10.9. The van der Waals surface area contributed by atoms with Crippen LogP contribution in [0, 0.1) is 0 Å². The Morgan fingerprint density at radius 3 is 2.24 bits per heavy atom. The molecule has 0 fully saturated rings. The Balaban J connectivity index is 2.09. The van der Waals surface area contributed by atoms with Gasteiger partial charge in [-0.15, -0.1) is 0 Å². The number of benzene rings is 1. The van der Waals surface area contributed by atoms with Crippen molar-refractivity contribution in [3.8, 4) is 0 Å². The lowest BCUT2D eigenvalue weighted by Crippen LogP contribution is -2.59. The molecule has 0 radical (unpaired) electrons. The number of fused-ring (bicyclic) bond motifs is 1. The van der Waals surface area contributed by atoms with Crippen LogP contribution in [0.1, 0.15) is 25.3 Å². The van der Waals surface area contributed by atoms with Crippen LogP contribution in [0.4, 0.5) is 0 Å². The minimum Gasteiger partial charge on any atom is -0.480 e. The summed E-state index contributed by atoms with van der Waals surface area (Å²) in [6.45, 7) is 1.18. The average molecular weight is 537 g/mol. The highest BCUT2D eigenvalue weighted by molar-refractivity contribution is 7.80. The van der Waals surface area contributed by atoms with Gasteiger partial charge in [0.2, 0.25) is 23.6 Å². The SMILES string of the molecule is CC(O)C(NC(=O)C(CS)NC(=O)C(CCC(N)=O)NC(=O)C(N)Cc1c[nH]c2ccccc12)C(=O)O. The second-order valence-corrected chi connectivity index (χ2v) is 8.91. The Morgan fingerprint density at radius 1 is 1.03 bits per heavy atom. The van der Waals surface area contributed by atoms with Gasteiger partial charge in [0.25, 0.3) is 0 Å². The van der Waals surface area contributed by atoms with Crippen molar-refractivity contribution in [2.75, 3.05) is 5.75 Å². The number of aromatic nitrogens is 1. The molecule has 0 spiro atoms. The number of para-hydroxylation sites is 1. The van der Waals surface area contributed by atoms with Crippen LogP contribution in [-0.2, 0) is 30.4 Å². The summed E-state index contributed by atoms with van der Waals surface area (Å²) in [6.07, 6.45) is 0.0925. The predicted molar refractivity (Wildman–Crippen MR) is 137 cm³/mol. The number of aromatic amines is 1. The quantitative estimate of drug-likeness (QED) is 0.124. The number of carbonyl (C=O) groups excluding carboxylic acids is 4. The van der Waals surface area contributed by atoms with Gasteiger partial charge in [0.05, 0.1) is 12.1 Å². The second kappa shape index (κ2) is 13.6. The zero-order valence-corrected chi connectivity index (χ0v) is 21.0. The van der Waals surface area contributed by atoms with Gasteiger partial charge in [0, 0.05) is 29.3 Å². The first-order valence-corrected chi connectivity index (χ1v) is 12.1. The van der Waals surface area contributed by atoms with E-state index in [0.29, 0.717) is 0 Å². The number of amides is 4. The fraction of sp³-hybridized carbons (Fsp3) is 0.435. The minimum atomic E-state index is -1.61. The topological polar surface area (TPSA) is 230 Å². The van der Waals surface area contributed by atoms with Crippen LogP contribution in [0.15, 0.2) is 30.5 Å². The molecule has 4 amide bonds. The average Bonchev–Trinajstić information content (AvgIpc) is 3.25. The van der Waals surface area contributed by atoms with Crippen molar-refractivity contribution < 1.29 is 34.2 Å². The number of carboxylic acid groups (broad SMARTS) is 1. The first-order chi connectivity index (χ1) is 17.4. The maximum Gasteiger partial charge on any atom is 0.328 e. The van der Waals surface area contributed by atoms with Crippen molar-refractivity contribution in [1.29, 1.82) is 0 Å². The molecule has 2 aromatic rings. The van der Waals surface area contributed by atoms with Crippen LogP contribution >= 0.6 is 12.6 Å². The highest BCUT2D eigenvalue weighted by atomic mass is 32.1. The van der Waals surface area contributed by atoms with Crippen LogP contribution in [0.25, 0.3) is 10.9 Å². The molecule has 14 heteroatoms. The van der Waals surface area contributed by atoms with Crippen LogP contribution in [-0.4, -0.2) is 80.8 Å². The third-order valence-corrected chi connectivity index (χ3v) is 5.99. The summed E-state index contributed by atoms with van der Waals surface area (Å²) >= 11 is 4.02. The molecule has 5 unspecified atom stereocenters. The molecule has 1 aromatic carbocycles. The van der Waals surface area contributed by atoms with Gasteiger partial charge in [-0.25, -0.2) is 4.79 Å². The number of thiol groups is 1. The smallest absolute Gasteiger partial charge is 0.328 e. The van der Waals surface area contributed by atoms with Gasteiger partial charge >= 0.3 is 5.97 Å². The van der Waals surface area contributed by atoms with Crippen molar-refractivity contribution in [2.45, 2.75) is 56.5 Å². The number of aliphatic hydroxyl groups is 1. The summed E-state index contributed by atoms with van der Waals surface area (Å²) in [6, 6.07) is 2.26. The van der Waals surface area contributed by atoms with E-state index in [1.54, 1.807) is 6.20 Å². The van der Waals surface area contributed by atoms with E-state index < -0.39 is 59.9 Å². The number of hydrogen-bond donors (Lipinski definition) is 9. The number of rotatable bonds is 14. The maximum absolute atomic E-state index is 12.9. The minimum absolute atomic E-state index is 0.164. The maximum atomic E-state index is 12.9. The van der Waals surface area contributed by atoms with Crippen molar-refractivity contribution >= 4 is 53.1 Å². The second-order valence-electron chi connectivity index (χ2n) is 8.55. The molecule has 0 aliphatic heterocycles. The highest BCUT2D eigenvalue weighted by Crippen LogP contribution is 2.18. The van der Waals surface area contributed by atoms with Gasteiger partial charge in [-0.1, -0.05) is 18.2 Å². The summed E-state index contributed by atoms with van der Waals surface area (Å²) < 4.78 is 0. The monoisotopic (exact) mass is 536 g/mol. The zero-order chi connectivity index (χ0) is 27.7. The van der Waals surface area contributed by atoms with Gasteiger partial charge < -0.3 is 42.6 Å². The molecule has 1 aromatic heterocycles. The van der Waals surface area contributed by atoms with E-state index in [2.05, 4.69) is 33.6 Å². The Labute approximate surface area is 218 Å². The Hall–Kier alpha value is -3.62. The fourth-order valence-electron chi connectivity index (χ4n) is 3.57. The molecule has 5 atom stereocenters. The highest BCUT2D eigenvalue weighted by Gasteiger charge is 2.31. The van der Waals surface area contributed by atoms with E-state index in [0.717, 1.165) is 16.5 Å². The van der Waals surface area contributed by atoms with E-state index in [1.807, 2.05) is 24.3 Å². The Bertz CT molecular complexity index is 1140. The lowest BCUT2D eigenvalue weighted by molar-refractivity contribution is -0.145. The van der Waals surface area contributed by atoms with Crippen LogP contribution < -0.4 is 27.4 Å². The molecule has 0 saturated heterocycles. The molecule has 2 rings (SSSR count). The van der Waals surface area contributed by atoms with E-state index in [9.17, 15) is 29.1 Å². The van der Waals surface area contributed by atoms with Gasteiger partial charge in [-0.3, -0.25) is 19.2 Å². The predicted octanol–water partition coefficient (Wildman–Crippen LogP) is -1.85. The van der Waals surface area contributed by atoms with Gasteiger partial charge in [-0.05, 0) is 31.4 Å². The molecular formula is C23H32N6O7S. The number of primary amides is 1. The van der Waals surface area contributed by atoms with E-state index in [-0.39, 0.29) is 25.0 Å². The summed E-state index contributed by atoms with van der Waals surface area (Å²) in [5, 5.41) is 26.6. The number of nitrogens with one attached hydrogen (secondary N) is 4. The van der Waals surface area contributed by atoms with E-state index in [1.165, 1.54) is 6.92 Å². The van der Waals surface area contributed by atoms with Gasteiger partial charge in [0.1, 0.15) is 12.1 Å². The summed E-state index contributed by atoms with van der Waals surface area (Å²) in [5.41, 5.74) is 13.0. The largest absolute Gasteiger partial charge is 0.480 e. The Morgan fingerprint density at radius 2 is 1.65 bits per heavy atom. The standard InChI is InChI=1S/C23H32N6O7S/c1-11(30)19(23(35)36)29-22(34)17(10-37)28-21(33)16(6-7-18(25)31)27-20(32)14(24)8-12-9-26-15-5-3-2-4-13(12)15/h2-5,9,11,14,16-17,19,26,30,37H,6-8,10,24H2,1H3,(H2,25,31)(H,27,32)(H,28,33)(H,29,34)(H,35,36). The molecule has 37 heavy (non-hydrogen) atoms. The molecular weight excluding hydrogens is 504 g/mol. The molecule has 0 saturated carbocycles. The number of hydrogen-bond acceptors (Lipinski definition) is 8. The van der Waals surface area contributed by atoms with Crippen molar-refractivity contribution in [3.05, 3.63) is 36.0 Å². The normalized spacial score (nSPS) is 15.1. The summed E-state index contributed by atoms with van der Waals surface area (Å²) in [4.78, 5) is 63.9. The van der Waals surface area contributed by atoms with Crippen LogP contribution in [0.2, 0.25) is 0 Å². The molecule has 202 valence electrons. The lowest BCUT2D eigenvalue weighted by atomic mass is 10.0. The third kappa shape index (κ3) is 8.48. The van der Waals surface area contributed by atoms with Crippen molar-refractivity contribution in [2.24, 2.45) is 11.5 Å². The first-order valence-electron chi connectivity index (χ1n) is 11.5. The molecule has 0 aliphatic rings. The lowest BCUT2D eigenvalue weighted by Gasteiger charge is -2.25. The molecule has 10 N–H and O–H groups in total. The molecule has 1 heterocycles. The molecule has 0 aliphatic carbocycles. The number of carbonyl (C=O) groups is 5. The van der Waals surface area contributed by atoms with Crippen LogP contribution in [0.3, 0.4) is 0 Å². The third-order valence-electron chi connectivity index (χ3n) is 5.63. The van der Waals surface area contributed by atoms with Gasteiger partial charge in [0.15, 0.2) is 6.04 Å². The van der Waals surface area contributed by atoms with Gasteiger partial charge in [-0.2, -0.15) is 12.6 Å². The number of aliphatic carboxylic acids is 1. The van der Waals surface area contributed by atoms with Crippen molar-refractivity contribution in [3.63, 3.8) is 0 Å². The number of aliphatic hydroxyl groups excluding tert-OH is 1. The zero-order valence-electron chi connectivity index (χ0n) is 20.1. The number of carboxylic acids is 1. The molecule has 0 bridgehead atoms. The summed E-state index contributed by atoms with van der Waals surface area (Å²) in [7, 11) is 0. The summed E-state index contributed by atoms with van der Waals surface area (Å²) in [5.74, 6) is -4.80. The molecule has 13 nitrogen and oxygen atoms in total. The van der Waals surface area contributed by atoms with Crippen LogP contribution in [0.5, 0.6) is 0 Å². The number of nitrogens with two attached hydrogens (primary N) is 2. The fourth-order valence-corrected chi connectivity index (χ4v) is 3.83. The van der Waals surface area contributed by atoms with E-state index >= 15 is 0 Å².